The molecule has 0 saturated heterocycles. The first-order chi connectivity index (χ1) is 13.7. The van der Waals surface area contributed by atoms with Crippen LogP contribution in [0.25, 0.3) is 6.08 Å². The molecule has 29 heavy (non-hydrogen) atoms. The van der Waals surface area contributed by atoms with E-state index in [0.717, 1.165) is 10.7 Å². The third-order valence-electron chi connectivity index (χ3n) is 3.73. The van der Waals surface area contributed by atoms with Gasteiger partial charge in [-0.15, -0.1) is 21.5 Å². The van der Waals surface area contributed by atoms with E-state index in [1.165, 1.54) is 40.6 Å². The van der Waals surface area contributed by atoms with E-state index in [4.69, 9.17) is 0 Å². The standard InChI is InChI=1S/C20H21N5O2S2/c1-13(26)25(15-8-6-5-7-9-15)19-21-14(12-28-19)10-11-16(27)22-18-24-23-17(29-18)20(2,3)4/h5-12H,1-4H3,(H,22,24,27). The molecule has 1 N–H and O–H groups in total. The average molecular weight is 428 g/mol. The van der Waals surface area contributed by atoms with E-state index in [9.17, 15) is 9.59 Å². The normalized spacial score (nSPS) is 11.6. The average Bonchev–Trinajstić information content (AvgIpc) is 3.30. The van der Waals surface area contributed by atoms with Crippen LogP contribution in [0.2, 0.25) is 0 Å². The SMILES string of the molecule is CC(=O)N(c1ccccc1)c1nc(C=CC(=O)Nc2nnc(C(C)(C)C)s2)cs1. The van der Waals surface area contributed by atoms with Gasteiger partial charge in [-0.2, -0.15) is 0 Å². The number of nitrogens with one attached hydrogen (secondary N) is 1. The van der Waals surface area contributed by atoms with Gasteiger partial charge in [0.15, 0.2) is 5.13 Å². The number of aromatic nitrogens is 3. The lowest BCUT2D eigenvalue weighted by Crippen LogP contribution is -2.22. The topological polar surface area (TPSA) is 88.1 Å². The van der Waals surface area contributed by atoms with Crippen molar-refractivity contribution in [1.29, 1.82) is 0 Å². The lowest BCUT2D eigenvalue weighted by Gasteiger charge is -2.17. The Labute approximate surface area is 177 Å². The van der Waals surface area contributed by atoms with E-state index < -0.39 is 0 Å². The second kappa shape index (κ2) is 8.62. The fourth-order valence-corrected chi connectivity index (χ4v) is 4.00. The number of hydrogen-bond donors (Lipinski definition) is 1. The van der Waals surface area contributed by atoms with Crippen molar-refractivity contribution < 1.29 is 9.59 Å². The highest BCUT2D eigenvalue weighted by Gasteiger charge is 2.20. The van der Waals surface area contributed by atoms with Crippen LogP contribution in [-0.4, -0.2) is 27.0 Å². The molecule has 0 aliphatic carbocycles. The molecule has 1 aromatic carbocycles. The van der Waals surface area contributed by atoms with Gasteiger partial charge < -0.3 is 0 Å². The maximum atomic E-state index is 12.2. The van der Waals surface area contributed by atoms with Crippen molar-refractivity contribution in [2.75, 3.05) is 10.2 Å². The summed E-state index contributed by atoms with van der Waals surface area (Å²) in [7, 11) is 0. The third-order valence-corrected chi connectivity index (χ3v) is 5.84. The Morgan fingerprint density at radius 2 is 1.86 bits per heavy atom. The van der Waals surface area contributed by atoms with Crippen molar-refractivity contribution in [2.45, 2.75) is 33.1 Å². The number of rotatable bonds is 5. The van der Waals surface area contributed by atoms with E-state index >= 15 is 0 Å². The van der Waals surface area contributed by atoms with Crippen molar-refractivity contribution in [3.63, 3.8) is 0 Å². The van der Waals surface area contributed by atoms with Crippen LogP contribution >= 0.6 is 22.7 Å². The second-order valence-corrected chi connectivity index (χ2v) is 9.04. The van der Waals surface area contributed by atoms with Gasteiger partial charge in [-0.25, -0.2) is 4.98 Å². The zero-order valence-corrected chi connectivity index (χ0v) is 18.2. The summed E-state index contributed by atoms with van der Waals surface area (Å²) in [4.78, 5) is 30.3. The quantitative estimate of drug-likeness (QED) is 0.600. The molecular weight excluding hydrogens is 406 g/mol. The number of para-hydroxylation sites is 1. The van der Waals surface area contributed by atoms with Crippen molar-refractivity contribution in [3.8, 4) is 0 Å². The van der Waals surface area contributed by atoms with Crippen LogP contribution in [0.4, 0.5) is 16.0 Å². The maximum absolute atomic E-state index is 12.2. The van der Waals surface area contributed by atoms with Gasteiger partial charge in [0.05, 0.1) is 11.4 Å². The molecule has 2 heterocycles. The molecule has 0 aliphatic heterocycles. The number of anilines is 3. The first-order valence-electron chi connectivity index (χ1n) is 8.88. The summed E-state index contributed by atoms with van der Waals surface area (Å²) in [6, 6.07) is 9.31. The molecule has 0 aliphatic rings. The van der Waals surface area contributed by atoms with E-state index in [2.05, 4.69) is 20.5 Å². The molecule has 2 amide bonds. The zero-order valence-electron chi connectivity index (χ0n) is 16.5. The van der Waals surface area contributed by atoms with Gasteiger partial charge >= 0.3 is 0 Å². The molecule has 9 heteroatoms. The summed E-state index contributed by atoms with van der Waals surface area (Å²) in [5.41, 5.74) is 1.22. The van der Waals surface area contributed by atoms with E-state index in [-0.39, 0.29) is 17.2 Å². The Morgan fingerprint density at radius 3 is 2.48 bits per heavy atom. The van der Waals surface area contributed by atoms with Crippen LogP contribution in [0.15, 0.2) is 41.8 Å². The van der Waals surface area contributed by atoms with E-state index in [1.807, 2.05) is 51.1 Å². The smallest absolute Gasteiger partial charge is 0.250 e. The first-order valence-corrected chi connectivity index (χ1v) is 10.6. The van der Waals surface area contributed by atoms with Gasteiger partial charge in [0, 0.05) is 23.8 Å². The molecule has 0 atom stereocenters. The van der Waals surface area contributed by atoms with Crippen LogP contribution in [-0.2, 0) is 15.0 Å². The summed E-state index contributed by atoms with van der Waals surface area (Å²) >= 11 is 2.69. The van der Waals surface area contributed by atoms with Crippen molar-refractivity contribution in [2.24, 2.45) is 0 Å². The molecule has 3 aromatic rings. The van der Waals surface area contributed by atoms with Crippen molar-refractivity contribution in [1.82, 2.24) is 15.2 Å². The first kappa shape index (κ1) is 20.8. The number of nitrogens with zero attached hydrogens (tertiary/aromatic N) is 4. The Morgan fingerprint density at radius 1 is 1.14 bits per heavy atom. The number of carbonyl (C=O) groups is 2. The minimum atomic E-state index is -0.317. The van der Waals surface area contributed by atoms with Gasteiger partial charge in [-0.1, -0.05) is 50.3 Å². The van der Waals surface area contributed by atoms with Gasteiger partial charge in [0.1, 0.15) is 5.01 Å². The highest BCUT2D eigenvalue weighted by atomic mass is 32.1. The van der Waals surface area contributed by atoms with E-state index in [1.54, 1.807) is 11.5 Å². The fraction of sp³-hybridized carbons (Fsp3) is 0.250. The predicted molar refractivity (Wildman–Crippen MR) is 118 cm³/mol. The molecule has 0 unspecified atom stereocenters. The molecule has 7 nitrogen and oxygen atoms in total. The summed E-state index contributed by atoms with van der Waals surface area (Å²) < 4.78 is 0. The van der Waals surface area contributed by atoms with Gasteiger partial charge in [-0.3, -0.25) is 19.8 Å². The van der Waals surface area contributed by atoms with Crippen molar-refractivity contribution >= 4 is 56.5 Å². The zero-order chi connectivity index (χ0) is 21.0. The minimum absolute atomic E-state index is 0.116. The fourth-order valence-electron chi connectivity index (χ4n) is 2.34. The molecule has 0 spiro atoms. The molecule has 3 rings (SSSR count). The molecule has 0 bridgehead atoms. The number of benzene rings is 1. The summed E-state index contributed by atoms with van der Waals surface area (Å²) in [5.74, 6) is -0.451. The minimum Gasteiger partial charge on any atom is -0.297 e. The lowest BCUT2D eigenvalue weighted by molar-refractivity contribution is -0.116. The summed E-state index contributed by atoms with van der Waals surface area (Å²) in [5, 5.41) is 14.5. The van der Waals surface area contributed by atoms with Crippen LogP contribution in [0.5, 0.6) is 0 Å². The second-order valence-electron chi connectivity index (χ2n) is 7.23. The number of amides is 2. The summed E-state index contributed by atoms with van der Waals surface area (Å²) in [6.45, 7) is 7.61. The third kappa shape index (κ3) is 5.33. The molecule has 0 fully saturated rings. The predicted octanol–water partition coefficient (Wildman–Crippen LogP) is 4.63. The van der Waals surface area contributed by atoms with Gasteiger partial charge in [0.2, 0.25) is 16.9 Å². The largest absolute Gasteiger partial charge is 0.297 e. The van der Waals surface area contributed by atoms with Gasteiger partial charge in [0.25, 0.3) is 0 Å². The molecule has 0 saturated carbocycles. The van der Waals surface area contributed by atoms with Gasteiger partial charge in [-0.05, 0) is 18.2 Å². The summed E-state index contributed by atoms with van der Waals surface area (Å²) in [6.07, 6.45) is 2.99. The lowest BCUT2D eigenvalue weighted by atomic mass is 9.98. The Kier molecular flexibility index (Phi) is 6.19. The number of carbonyl (C=O) groups excluding carboxylic acids is 2. The number of hydrogen-bond acceptors (Lipinski definition) is 7. The molecule has 2 aromatic heterocycles. The monoisotopic (exact) mass is 427 g/mol. The van der Waals surface area contributed by atoms with Crippen molar-refractivity contribution in [3.05, 3.63) is 52.5 Å². The number of thiazole rings is 1. The van der Waals surface area contributed by atoms with Crippen LogP contribution in [0, 0.1) is 0 Å². The highest BCUT2D eigenvalue weighted by Crippen LogP contribution is 2.29. The van der Waals surface area contributed by atoms with Crippen LogP contribution < -0.4 is 10.2 Å². The molecule has 0 radical (unpaired) electrons. The van der Waals surface area contributed by atoms with E-state index in [0.29, 0.717) is 16.0 Å². The Balaban J connectivity index is 1.69. The Hall–Kier alpha value is -2.91. The maximum Gasteiger partial charge on any atom is 0.250 e. The van der Waals surface area contributed by atoms with Crippen LogP contribution in [0.1, 0.15) is 38.4 Å². The molecule has 150 valence electrons. The molecular formula is C20H21N5O2S2. The highest BCUT2D eigenvalue weighted by molar-refractivity contribution is 7.15. The van der Waals surface area contributed by atoms with Crippen LogP contribution in [0.3, 0.4) is 0 Å². The Bertz CT molecular complexity index is 1030.